The minimum absolute atomic E-state index is 0.157. The summed E-state index contributed by atoms with van der Waals surface area (Å²) in [5, 5.41) is 0. The van der Waals surface area contributed by atoms with E-state index >= 15 is 0 Å². The lowest BCUT2D eigenvalue weighted by Gasteiger charge is -2.57. The Kier molecular flexibility index (Phi) is 3.10. The summed E-state index contributed by atoms with van der Waals surface area (Å²) in [6.07, 6.45) is -2.06. The lowest BCUT2D eigenvalue weighted by atomic mass is 9.51. The number of imide groups is 1. The van der Waals surface area contributed by atoms with Crippen LogP contribution >= 0.6 is 0 Å². The van der Waals surface area contributed by atoms with Crippen LogP contribution in [-0.4, -0.2) is 52.8 Å². The molecule has 122 valence electrons. The number of rotatable bonds is 1. The lowest BCUT2D eigenvalue weighted by molar-refractivity contribution is -0.173. The van der Waals surface area contributed by atoms with E-state index in [1.54, 1.807) is 0 Å². The molecular weight excluding hydrogens is 301 g/mol. The highest BCUT2D eigenvalue weighted by atomic mass is 19.4. The molecule has 3 aliphatic rings. The second kappa shape index (κ2) is 4.45. The maximum absolute atomic E-state index is 12.8. The van der Waals surface area contributed by atoms with Crippen LogP contribution in [0.4, 0.5) is 18.0 Å². The van der Waals surface area contributed by atoms with E-state index in [1.807, 2.05) is 0 Å². The fourth-order valence-electron chi connectivity index (χ4n) is 4.22. The third kappa shape index (κ3) is 2.11. The van der Waals surface area contributed by atoms with Crippen molar-refractivity contribution in [2.24, 2.45) is 5.41 Å². The Morgan fingerprint density at radius 2 is 1.64 bits per heavy atom. The second-order valence-corrected chi connectivity index (χ2v) is 6.77. The van der Waals surface area contributed by atoms with Crippen LogP contribution in [0.1, 0.15) is 38.5 Å². The number of Topliss-reactive ketones (excluding diaryl/α,β-unsaturated/α-hetero) is 1. The van der Waals surface area contributed by atoms with Gasteiger partial charge in [-0.15, -0.1) is 0 Å². The average molecular weight is 318 g/mol. The summed E-state index contributed by atoms with van der Waals surface area (Å²) >= 11 is 0. The van der Waals surface area contributed by atoms with E-state index < -0.39 is 30.2 Å². The molecule has 1 aliphatic heterocycles. The van der Waals surface area contributed by atoms with E-state index in [9.17, 15) is 27.6 Å². The smallest absolute Gasteiger partial charge is 0.300 e. The summed E-state index contributed by atoms with van der Waals surface area (Å²) in [6.45, 7) is -1.41. The van der Waals surface area contributed by atoms with Gasteiger partial charge in [0, 0.05) is 19.9 Å². The molecule has 0 atom stereocenters. The first-order chi connectivity index (χ1) is 10.1. The molecule has 22 heavy (non-hydrogen) atoms. The number of carbonyl (C=O) groups excluding carboxylic acids is 3. The first kappa shape index (κ1) is 15.3. The molecule has 2 spiro atoms. The summed E-state index contributed by atoms with van der Waals surface area (Å²) in [7, 11) is 1.22. The van der Waals surface area contributed by atoms with Gasteiger partial charge in [-0.2, -0.15) is 13.2 Å². The largest absolute Gasteiger partial charge is 0.406 e. The van der Waals surface area contributed by atoms with E-state index in [2.05, 4.69) is 0 Å². The number of hydrogen-bond acceptors (Lipinski definition) is 3. The first-order valence-corrected chi connectivity index (χ1v) is 7.27. The monoisotopic (exact) mass is 318 g/mol. The van der Waals surface area contributed by atoms with Gasteiger partial charge >= 0.3 is 12.2 Å². The molecule has 0 aromatic rings. The van der Waals surface area contributed by atoms with Crippen molar-refractivity contribution in [2.45, 2.75) is 50.2 Å². The third-order valence-corrected chi connectivity index (χ3v) is 5.28. The van der Waals surface area contributed by atoms with Crippen molar-refractivity contribution in [3.63, 3.8) is 0 Å². The van der Waals surface area contributed by atoms with Crippen LogP contribution in [0.25, 0.3) is 0 Å². The van der Waals surface area contributed by atoms with Crippen LogP contribution in [0, 0.1) is 5.41 Å². The highest BCUT2D eigenvalue weighted by molar-refractivity contribution is 6.07. The van der Waals surface area contributed by atoms with Crippen LogP contribution < -0.4 is 0 Å². The zero-order chi connectivity index (χ0) is 16.3. The molecule has 0 unspecified atom stereocenters. The molecule has 0 bridgehead atoms. The average Bonchev–Trinajstić information content (AvgIpc) is 2.55. The number of ketones is 1. The van der Waals surface area contributed by atoms with Gasteiger partial charge in [0.25, 0.3) is 5.91 Å². The minimum atomic E-state index is -4.54. The van der Waals surface area contributed by atoms with Crippen LogP contribution in [-0.2, 0) is 9.59 Å². The van der Waals surface area contributed by atoms with Crippen molar-refractivity contribution in [1.82, 2.24) is 9.80 Å². The van der Waals surface area contributed by atoms with E-state index in [1.165, 1.54) is 7.05 Å². The van der Waals surface area contributed by atoms with E-state index in [0.717, 1.165) is 4.90 Å². The Balaban J connectivity index is 1.83. The molecule has 3 fully saturated rings. The van der Waals surface area contributed by atoms with E-state index in [-0.39, 0.29) is 24.0 Å². The maximum Gasteiger partial charge on any atom is 0.406 e. The first-order valence-electron chi connectivity index (χ1n) is 7.27. The molecule has 3 rings (SSSR count). The third-order valence-electron chi connectivity index (χ3n) is 5.28. The van der Waals surface area contributed by atoms with Crippen molar-refractivity contribution in [3.05, 3.63) is 0 Å². The number of urea groups is 1. The molecule has 1 heterocycles. The number of halogens is 3. The molecule has 3 amide bonds. The Bertz CT molecular complexity index is 540. The quantitative estimate of drug-likeness (QED) is 0.696. The summed E-state index contributed by atoms with van der Waals surface area (Å²) < 4.78 is 38.3. The fraction of sp³-hybridized carbons (Fsp3) is 0.786. The van der Waals surface area contributed by atoms with Gasteiger partial charge in [0.1, 0.15) is 17.9 Å². The molecule has 2 aliphatic carbocycles. The van der Waals surface area contributed by atoms with Crippen molar-refractivity contribution in [2.75, 3.05) is 13.6 Å². The molecule has 1 saturated heterocycles. The minimum Gasteiger partial charge on any atom is -0.300 e. The maximum atomic E-state index is 12.8. The van der Waals surface area contributed by atoms with Gasteiger partial charge < -0.3 is 4.90 Å². The van der Waals surface area contributed by atoms with Crippen molar-refractivity contribution >= 4 is 17.7 Å². The summed E-state index contributed by atoms with van der Waals surface area (Å²) in [6, 6.07) is -0.885. The molecule has 0 radical (unpaired) electrons. The highest BCUT2D eigenvalue weighted by Gasteiger charge is 2.68. The van der Waals surface area contributed by atoms with Crippen molar-refractivity contribution in [3.8, 4) is 0 Å². The number of alkyl halides is 3. The van der Waals surface area contributed by atoms with E-state index in [0.29, 0.717) is 30.6 Å². The van der Waals surface area contributed by atoms with Gasteiger partial charge in [0.2, 0.25) is 0 Å². The van der Waals surface area contributed by atoms with Crippen LogP contribution in [0.2, 0.25) is 0 Å². The Morgan fingerprint density at radius 3 is 2.14 bits per heavy atom. The number of carbonyl (C=O) groups is 3. The zero-order valence-corrected chi connectivity index (χ0v) is 12.2. The van der Waals surface area contributed by atoms with Crippen LogP contribution in [0.3, 0.4) is 0 Å². The van der Waals surface area contributed by atoms with Crippen molar-refractivity contribution in [1.29, 1.82) is 0 Å². The lowest BCUT2D eigenvalue weighted by Crippen LogP contribution is -2.65. The molecular formula is C14H17F3N2O3. The van der Waals surface area contributed by atoms with E-state index in [4.69, 9.17) is 0 Å². The van der Waals surface area contributed by atoms with Crippen LogP contribution in [0.5, 0.6) is 0 Å². The zero-order valence-electron chi connectivity index (χ0n) is 12.2. The summed E-state index contributed by atoms with van der Waals surface area (Å²) in [5.41, 5.74) is -1.62. The SMILES string of the molecule is CN1C(=O)N(CC(F)(F)F)C2(CC3(CCC(=O)CC3)C2)C1=O. The van der Waals surface area contributed by atoms with Gasteiger partial charge in [0.15, 0.2) is 0 Å². The fourth-order valence-corrected chi connectivity index (χ4v) is 4.22. The Hall–Kier alpha value is -1.60. The topological polar surface area (TPSA) is 57.7 Å². The molecule has 5 nitrogen and oxygen atoms in total. The number of nitrogens with zero attached hydrogens (tertiary/aromatic N) is 2. The summed E-state index contributed by atoms with van der Waals surface area (Å²) in [4.78, 5) is 37.1. The highest BCUT2D eigenvalue weighted by Crippen LogP contribution is 2.60. The van der Waals surface area contributed by atoms with Gasteiger partial charge in [-0.3, -0.25) is 14.5 Å². The van der Waals surface area contributed by atoms with Gasteiger partial charge in [-0.05, 0) is 31.1 Å². The van der Waals surface area contributed by atoms with Gasteiger partial charge in [-0.1, -0.05) is 0 Å². The van der Waals surface area contributed by atoms with Crippen LogP contribution in [0.15, 0.2) is 0 Å². The Morgan fingerprint density at radius 1 is 1.09 bits per heavy atom. The molecule has 0 N–H and O–H groups in total. The van der Waals surface area contributed by atoms with Gasteiger partial charge in [0.05, 0.1) is 0 Å². The predicted octanol–water partition coefficient (Wildman–Crippen LogP) is 2.10. The predicted molar refractivity (Wildman–Crippen MR) is 68.8 cm³/mol. The van der Waals surface area contributed by atoms with Crippen molar-refractivity contribution < 1.29 is 27.6 Å². The molecule has 2 saturated carbocycles. The number of likely N-dealkylation sites (N-methyl/N-ethyl adjacent to an activating group) is 1. The molecule has 8 heteroatoms. The normalized spacial score (nSPS) is 27.0. The standard InChI is InChI=1S/C14H17F3N2O3/c1-18-10(21)13(19(11(18)22)8-14(15,16)17)6-12(7-13)4-2-9(20)3-5-12/h2-8H2,1H3. The van der Waals surface area contributed by atoms with Gasteiger partial charge in [-0.25, -0.2) is 4.79 Å². The molecule has 0 aromatic carbocycles. The molecule has 0 aromatic heterocycles. The number of amides is 3. The number of hydrogen-bond donors (Lipinski definition) is 0. The second-order valence-electron chi connectivity index (χ2n) is 6.77. The summed E-state index contributed by atoms with van der Waals surface area (Å²) in [5.74, 6) is -0.394. The Labute approximate surface area is 125 Å².